The number of carbonyl (C=O) groups is 1. The first-order chi connectivity index (χ1) is 9.15. The molecule has 3 rings (SSSR count). The van der Waals surface area contributed by atoms with Crippen molar-refractivity contribution in [2.24, 2.45) is 7.05 Å². The van der Waals surface area contributed by atoms with Crippen LogP contribution in [0.2, 0.25) is 0 Å². The van der Waals surface area contributed by atoms with Crippen molar-refractivity contribution in [3.8, 4) is 5.88 Å². The van der Waals surface area contributed by atoms with Crippen LogP contribution in [0.25, 0.3) is 11.0 Å². The molecule has 1 aliphatic rings. The van der Waals surface area contributed by atoms with Gasteiger partial charge >= 0.3 is 5.97 Å². The van der Waals surface area contributed by atoms with Crippen LogP contribution in [-0.4, -0.2) is 49.5 Å². The highest BCUT2D eigenvalue weighted by Gasteiger charge is 2.31. The average molecular weight is 263 g/mol. The molecular formula is C11H13N5O3. The molecule has 1 saturated heterocycles. The number of carboxylic acid groups (broad SMARTS) is 1. The van der Waals surface area contributed by atoms with Crippen LogP contribution >= 0.6 is 0 Å². The van der Waals surface area contributed by atoms with Crippen LogP contribution in [0.1, 0.15) is 6.42 Å². The number of fused-ring (bicyclic) bond motifs is 1. The monoisotopic (exact) mass is 263 g/mol. The van der Waals surface area contributed by atoms with Crippen molar-refractivity contribution in [2.75, 3.05) is 6.54 Å². The number of ether oxygens (including phenoxy) is 1. The third-order valence-electron chi connectivity index (χ3n) is 3.16. The smallest absolute Gasteiger partial charge is 0.320 e. The molecule has 1 fully saturated rings. The van der Waals surface area contributed by atoms with Gasteiger partial charge in [-0.2, -0.15) is 5.10 Å². The number of aromatic nitrogens is 4. The summed E-state index contributed by atoms with van der Waals surface area (Å²) in [6, 6.07) is -0.559. The van der Waals surface area contributed by atoms with Crippen molar-refractivity contribution in [3.63, 3.8) is 0 Å². The second kappa shape index (κ2) is 4.47. The fraction of sp³-hybridized carbons (Fsp3) is 0.455. The molecule has 2 N–H and O–H groups in total. The molecule has 0 bridgehead atoms. The lowest BCUT2D eigenvalue weighted by atomic mass is 10.2. The molecule has 19 heavy (non-hydrogen) atoms. The third-order valence-corrected chi connectivity index (χ3v) is 3.16. The molecule has 2 unspecified atom stereocenters. The van der Waals surface area contributed by atoms with Gasteiger partial charge in [0.25, 0.3) is 0 Å². The Kier molecular flexibility index (Phi) is 2.79. The molecule has 0 aliphatic carbocycles. The van der Waals surface area contributed by atoms with E-state index in [-0.39, 0.29) is 6.10 Å². The lowest BCUT2D eigenvalue weighted by molar-refractivity contribution is -0.139. The largest absolute Gasteiger partial charge is 0.480 e. The molecule has 2 aromatic heterocycles. The molecule has 2 aromatic rings. The lowest BCUT2D eigenvalue weighted by Gasteiger charge is -2.11. The van der Waals surface area contributed by atoms with Crippen LogP contribution in [0, 0.1) is 0 Å². The van der Waals surface area contributed by atoms with E-state index in [9.17, 15) is 4.79 Å². The fourth-order valence-electron chi connectivity index (χ4n) is 2.17. The van der Waals surface area contributed by atoms with Crippen LogP contribution in [0.5, 0.6) is 5.88 Å². The highest BCUT2D eigenvalue weighted by atomic mass is 16.5. The van der Waals surface area contributed by atoms with Crippen molar-refractivity contribution in [1.82, 2.24) is 25.1 Å². The summed E-state index contributed by atoms with van der Waals surface area (Å²) >= 11 is 0. The standard InChI is InChI=1S/C11H13N5O3/c1-16-9-7(4-15-16)10(14-5-13-9)19-6-2-8(11(17)18)12-3-6/h4-6,8,12H,2-3H2,1H3,(H,17,18). The summed E-state index contributed by atoms with van der Waals surface area (Å²) in [5.74, 6) is -0.420. The zero-order valence-electron chi connectivity index (χ0n) is 10.3. The first-order valence-electron chi connectivity index (χ1n) is 5.90. The minimum atomic E-state index is -0.861. The zero-order valence-corrected chi connectivity index (χ0v) is 10.3. The maximum absolute atomic E-state index is 10.9. The number of carboxylic acids is 1. The summed E-state index contributed by atoms with van der Waals surface area (Å²) < 4.78 is 7.39. The average Bonchev–Trinajstić information content (AvgIpc) is 2.98. The maximum Gasteiger partial charge on any atom is 0.320 e. The number of aryl methyl sites for hydroxylation is 1. The SMILES string of the molecule is Cn1ncc2c(OC3CNC(C(=O)O)C3)ncnc21. The van der Waals surface area contributed by atoms with Gasteiger partial charge in [-0.1, -0.05) is 0 Å². The quantitative estimate of drug-likeness (QED) is 0.773. The van der Waals surface area contributed by atoms with E-state index >= 15 is 0 Å². The molecule has 0 saturated carbocycles. The van der Waals surface area contributed by atoms with Gasteiger partial charge in [-0.25, -0.2) is 9.97 Å². The Morgan fingerprint density at radius 2 is 2.42 bits per heavy atom. The summed E-state index contributed by atoms with van der Waals surface area (Å²) in [5, 5.41) is 16.6. The van der Waals surface area contributed by atoms with Gasteiger partial charge in [0.05, 0.1) is 6.20 Å². The number of rotatable bonds is 3. The summed E-state index contributed by atoms with van der Waals surface area (Å²) in [5.41, 5.74) is 0.686. The predicted octanol–water partition coefficient (Wildman–Crippen LogP) is -0.443. The van der Waals surface area contributed by atoms with Gasteiger partial charge in [0.15, 0.2) is 5.65 Å². The van der Waals surface area contributed by atoms with Gasteiger partial charge in [0.1, 0.15) is 23.9 Å². The van der Waals surface area contributed by atoms with Gasteiger partial charge in [-0.15, -0.1) is 0 Å². The Hall–Kier alpha value is -2.22. The van der Waals surface area contributed by atoms with Crippen molar-refractivity contribution in [3.05, 3.63) is 12.5 Å². The molecular weight excluding hydrogens is 250 g/mol. The number of aliphatic carboxylic acids is 1. The molecule has 0 aromatic carbocycles. The first-order valence-corrected chi connectivity index (χ1v) is 5.90. The maximum atomic E-state index is 10.9. The predicted molar refractivity (Wildman–Crippen MR) is 64.8 cm³/mol. The van der Waals surface area contributed by atoms with Crippen LogP contribution < -0.4 is 10.1 Å². The van der Waals surface area contributed by atoms with Gasteiger partial charge in [-0.05, 0) is 0 Å². The van der Waals surface area contributed by atoms with Gasteiger partial charge in [-0.3, -0.25) is 9.48 Å². The van der Waals surface area contributed by atoms with Crippen molar-refractivity contribution in [1.29, 1.82) is 0 Å². The summed E-state index contributed by atoms with van der Waals surface area (Å²) in [4.78, 5) is 19.1. The second-order valence-electron chi connectivity index (χ2n) is 4.46. The Labute approximate surface area is 108 Å². The number of hydrogen-bond donors (Lipinski definition) is 2. The highest BCUT2D eigenvalue weighted by Crippen LogP contribution is 2.23. The molecule has 100 valence electrons. The van der Waals surface area contributed by atoms with E-state index < -0.39 is 12.0 Å². The lowest BCUT2D eigenvalue weighted by Crippen LogP contribution is -2.30. The molecule has 1 aliphatic heterocycles. The molecule has 8 heteroatoms. The second-order valence-corrected chi connectivity index (χ2v) is 4.46. The van der Waals surface area contributed by atoms with Gasteiger partial charge in [0, 0.05) is 20.0 Å². The Morgan fingerprint density at radius 3 is 3.16 bits per heavy atom. The van der Waals surface area contributed by atoms with Crippen molar-refractivity contribution >= 4 is 17.0 Å². The Bertz CT molecular complexity index is 626. The molecule has 0 spiro atoms. The van der Waals surface area contributed by atoms with Crippen LogP contribution in [0.4, 0.5) is 0 Å². The van der Waals surface area contributed by atoms with Gasteiger partial charge < -0.3 is 15.2 Å². The van der Waals surface area contributed by atoms with E-state index in [1.165, 1.54) is 6.33 Å². The molecule has 2 atom stereocenters. The Balaban J connectivity index is 1.81. The minimum Gasteiger partial charge on any atom is -0.480 e. The van der Waals surface area contributed by atoms with Crippen molar-refractivity contribution in [2.45, 2.75) is 18.6 Å². The molecule has 0 amide bonds. The third kappa shape index (κ3) is 2.10. The summed E-state index contributed by atoms with van der Waals surface area (Å²) in [7, 11) is 1.79. The van der Waals surface area contributed by atoms with Crippen LogP contribution in [0.3, 0.4) is 0 Å². The van der Waals surface area contributed by atoms with Crippen molar-refractivity contribution < 1.29 is 14.6 Å². The molecule has 3 heterocycles. The van der Waals surface area contributed by atoms with E-state index in [0.29, 0.717) is 24.5 Å². The van der Waals surface area contributed by atoms with E-state index in [0.717, 1.165) is 5.39 Å². The number of nitrogens with zero attached hydrogens (tertiary/aromatic N) is 4. The minimum absolute atomic E-state index is 0.209. The van der Waals surface area contributed by atoms with Crippen LogP contribution in [0.15, 0.2) is 12.5 Å². The van der Waals surface area contributed by atoms with E-state index in [1.54, 1.807) is 17.9 Å². The summed E-state index contributed by atoms with van der Waals surface area (Å²) in [6.45, 7) is 0.489. The van der Waals surface area contributed by atoms with Gasteiger partial charge in [0.2, 0.25) is 5.88 Å². The zero-order chi connectivity index (χ0) is 13.4. The van der Waals surface area contributed by atoms with E-state index in [4.69, 9.17) is 9.84 Å². The topological polar surface area (TPSA) is 102 Å². The highest BCUT2D eigenvalue weighted by molar-refractivity contribution is 5.79. The normalized spacial score (nSPS) is 22.8. The first kappa shape index (κ1) is 11.8. The number of nitrogens with one attached hydrogen (secondary N) is 1. The van der Waals surface area contributed by atoms with Crippen LogP contribution in [-0.2, 0) is 11.8 Å². The fourth-order valence-corrected chi connectivity index (χ4v) is 2.17. The van der Waals surface area contributed by atoms with E-state index in [2.05, 4.69) is 20.4 Å². The Morgan fingerprint density at radius 1 is 1.58 bits per heavy atom. The number of hydrogen-bond acceptors (Lipinski definition) is 6. The molecule has 8 nitrogen and oxygen atoms in total. The van der Waals surface area contributed by atoms with E-state index in [1.807, 2.05) is 0 Å². The molecule has 0 radical (unpaired) electrons. The summed E-state index contributed by atoms with van der Waals surface area (Å²) in [6.07, 6.45) is 3.26.